The number of nitrogens with zero attached hydrogens (tertiary/aromatic N) is 4. The minimum atomic E-state index is -1.06. The summed E-state index contributed by atoms with van der Waals surface area (Å²) in [6.07, 6.45) is 0.290. The van der Waals surface area contributed by atoms with Crippen molar-refractivity contribution in [2.75, 3.05) is 31.6 Å². The molecule has 0 saturated carbocycles. The molecule has 0 spiro atoms. The number of thiazole rings is 1. The molecule has 0 aliphatic heterocycles. The number of hydrogen-bond acceptors (Lipinski definition) is 9. The molecule has 0 fully saturated rings. The number of fused-ring (bicyclic) bond motifs is 1. The van der Waals surface area contributed by atoms with Gasteiger partial charge in [-0.15, -0.1) is 11.3 Å². The summed E-state index contributed by atoms with van der Waals surface area (Å²) < 4.78 is 11.2. The fourth-order valence-corrected chi connectivity index (χ4v) is 4.86. The second-order valence-electron chi connectivity index (χ2n) is 10.3. The number of benzene rings is 2. The van der Waals surface area contributed by atoms with Gasteiger partial charge in [-0.2, -0.15) is 4.98 Å². The first-order chi connectivity index (χ1) is 19.7. The van der Waals surface area contributed by atoms with Gasteiger partial charge < -0.3 is 29.4 Å². The fraction of sp³-hybridized carbons (Fsp3) is 0.419. The molecule has 0 aliphatic carbocycles. The Balaban J connectivity index is 0.00000484. The first kappa shape index (κ1) is 32.6. The van der Waals surface area contributed by atoms with Crippen molar-refractivity contribution >= 4 is 40.5 Å². The molecule has 2 aromatic heterocycles. The molecule has 11 heteroatoms. The van der Waals surface area contributed by atoms with E-state index in [0.717, 1.165) is 17.0 Å². The SMILES string of the molecule is C.CCN(C)c1nc2ccc(C(=O)N(CC(C)C)C[C@@H](O)[C@H](Cc3ccccc3)NC(=O)OCc3cncs3)cc2o1. The summed E-state index contributed by atoms with van der Waals surface area (Å²) in [5.41, 5.74) is 4.22. The number of amides is 2. The van der Waals surface area contributed by atoms with Crippen LogP contribution in [-0.4, -0.2) is 70.8 Å². The van der Waals surface area contributed by atoms with Crippen LogP contribution < -0.4 is 10.2 Å². The van der Waals surface area contributed by atoms with Gasteiger partial charge in [0.25, 0.3) is 11.9 Å². The Labute approximate surface area is 251 Å². The zero-order valence-corrected chi connectivity index (χ0v) is 24.6. The van der Waals surface area contributed by atoms with Crippen LogP contribution in [0, 0.1) is 5.92 Å². The van der Waals surface area contributed by atoms with E-state index in [0.29, 0.717) is 35.6 Å². The number of hydrogen-bond donors (Lipinski definition) is 2. The first-order valence-corrected chi connectivity index (χ1v) is 14.5. The number of carbonyl (C=O) groups is 2. The van der Waals surface area contributed by atoms with Crippen LogP contribution in [0.25, 0.3) is 11.1 Å². The highest BCUT2D eigenvalue weighted by molar-refractivity contribution is 7.09. The van der Waals surface area contributed by atoms with Crippen molar-refractivity contribution in [1.82, 2.24) is 20.2 Å². The van der Waals surface area contributed by atoms with Crippen LogP contribution in [0.3, 0.4) is 0 Å². The minimum Gasteiger partial charge on any atom is -0.444 e. The molecule has 42 heavy (non-hydrogen) atoms. The predicted octanol–water partition coefficient (Wildman–Crippen LogP) is 5.37. The Morgan fingerprint density at radius 2 is 1.90 bits per heavy atom. The third-order valence-electron chi connectivity index (χ3n) is 6.60. The summed E-state index contributed by atoms with van der Waals surface area (Å²) in [5, 5.41) is 14.2. The largest absolute Gasteiger partial charge is 0.444 e. The van der Waals surface area contributed by atoms with Gasteiger partial charge in [-0.05, 0) is 43.0 Å². The Hall–Kier alpha value is -3.96. The number of carbonyl (C=O) groups excluding carboxylic acids is 2. The molecule has 0 saturated heterocycles. The highest BCUT2D eigenvalue weighted by Crippen LogP contribution is 2.23. The number of aliphatic hydroxyl groups excluding tert-OH is 1. The molecule has 10 nitrogen and oxygen atoms in total. The van der Waals surface area contributed by atoms with Crippen molar-refractivity contribution in [2.24, 2.45) is 5.92 Å². The second kappa shape index (κ2) is 15.3. The van der Waals surface area contributed by atoms with E-state index in [1.54, 1.807) is 34.8 Å². The van der Waals surface area contributed by atoms with Crippen LogP contribution in [0.2, 0.25) is 0 Å². The average molecular weight is 596 g/mol. The van der Waals surface area contributed by atoms with Gasteiger partial charge in [-0.1, -0.05) is 51.6 Å². The maximum Gasteiger partial charge on any atom is 0.407 e. The van der Waals surface area contributed by atoms with Crippen LogP contribution in [0.5, 0.6) is 0 Å². The molecule has 2 amide bonds. The monoisotopic (exact) mass is 595 g/mol. The molecule has 0 aliphatic rings. The number of anilines is 1. The van der Waals surface area contributed by atoms with Gasteiger partial charge >= 0.3 is 6.09 Å². The van der Waals surface area contributed by atoms with Crippen molar-refractivity contribution in [3.8, 4) is 0 Å². The molecule has 2 atom stereocenters. The molecular formula is C31H41N5O5S. The number of ether oxygens (including phenoxy) is 1. The van der Waals surface area contributed by atoms with Gasteiger partial charge in [0, 0.05) is 38.4 Å². The molecule has 0 radical (unpaired) electrons. The van der Waals surface area contributed by atoms with Crippen molar-refractivity contribution in [2.45, 2.75) is 53.4 Å². The van der Waals surface area contributed by atoms with Crippen LogP contribution in [-0.2, 0) is 17.8 Å². The van der Waals surface area contributed by atoms with Crippen LogP contribution in [0.1, 0.15) is 49.0 Å². The maximum atomic E-state index is 13.7. The Morgan fingerprint density at radius 3 is 2.57 bits per heavy atom. The summed E-state index contributed by atoms with van der Waals surface area (Å²) in [6.45, 7) is 7.27. The zero-order chi connectivity index (χ0) is 29.4. The highest BCUT2D eigenvalue weighted by Gasteiger charge is 2.28. The molecule has 2 heterocycles. The van der Waals surface area contributed by atoms with Crippen LogP contribution >= 0.6 is 11.3 Å². The van der Waals surface area contributed by atoms with E-state index < -0.39 is 18.2 Å². The third-order valence-corrected chi connectivity index (χ3v) is 7.35. The van der Waals surface area contributed by atoms with Gasteiger partial charge in [0.15, 0.2) is 5.58 Å². The Bertz CT molecular complexity index is 1410. The van der Waals surface area contributed by atoms with Gasteiger partial charge in [-0.3, -0.25) is 9.78 Å². The molecule has 4 rings (SSSR count). The topological polar surface area (TPSA) is 121 Å². The van der Waals surface area contributed by atoms with Crippen LogP contribution in [0.4, 0.5) is 10.8 Å². The van der Waals surface area contributed by atoms with E-state index in [9.17, 15) is 14.7 Å². The lowest BCUT2D eigenvalue weighted by Gasteiger charge is -2.31. The lowest BCUT2D eigenvalue weighted by atomic mass is 10.00. The summed E-state index contributed by atoms with van der Waals surface area (Å²) in [5.74, 6) is -0.0949. The van der Waals surface area contributed by atoms with Crippen molar-refractivity contribution in [3.05, 3.63) is 76.2 Å². The molecule has 2 aromatic carbocycles. The van der Waals surface area contributed by atoms with E-state index in [1.807, 2.05) is 63.1 Å². The standard InChI is InChI=1S/C30H37N5O5S.CH4/c1-5-34(4)29-32-24-12-11-22(14-27(24)40-29)28(37)35(16-20(2)3)17-26(36)25(13-21-9-7-6-8-10-21)33-30(38)39-18-23-15-31-19-41-23;/h6-12,14-15,19-20,25-26,36H,5,13,16-18H2,1-4H3,(H,33,38);1H4/t25-,26+;/m0./s1. The number of aliphatic hydroxyl groups is 1. The lowest BCUT2D eigenvalue weighted by Crippen LogP contribution is -2.51. The molecular weight excluding hydrogens is 554 g/mol. The Morgan fingerprint density at radius 1 is 1.14 bits per heavy atom. The summed E-state index contributed by atoms with van der Waals surface area (Å²) in [4.78, 5) is 39.2. The molecule has 226 valence electrons. The smallest absolute Gasteiger partial charge is 0.407 e. The fourth-order valence-electron chi connectivity index (χ4n) is 4.36. The van der Waals surface area contributed by atoms with Crippen molar-refractivity contribution < 1.29 is 23.8 Å². The van der Waals surface area contributed by atoms with Crippen molar-refractivity contribution in [3.63, 3.8) is 0 Å². The Kier molecular flexibility index (Phi) is 11.9. The number of nitrogens with one attached hydrogen (secondary N) is 1. The van der Waals surface area contributed by atoms with E-state index in [4.69, 9.17) is 9.15 Å². The van der Waals surface area contributed by atoms with E-state index >= 15 is 0 Å². The summed E-state index contributed by atoms with van der Waals surface area (Å²) >= 11 is 1.39. The quantitative estimate of drug-likeness (QED) is 0.212. The van der Waals surface area contributed by atoms with Crippen LogP contribution in [0.15, 0.2) is 64.7 Å². The molecule has 0 bridgehead atoms. The number of oxazole rings is 1. The van der Waals surface area contributed by atoms with E-state index in [2.05, 4.69) is 15.3 Å². The van der Waals surface area contributed by atoms with Crippen molar-refractivity contribution in [1.29, 1.82) is 0 Å². The highest BCUT2D eigenvalue weighted by atomic mass is 32.1. The second-order valence-corrected chi connectivity index (χ2v) is 11.3. The lowest BCUT2D eigenvalue weighted by molar-refractivity contribution is 0.0494. The minimum absolute atomic E-state index is 0. The van der Waals surface area contributed by atoms with Gasteiger partial charge in [0.05, 0.1) is 22.5 Å². The number of rotatable bonds is 13. The molecule has 2 N–H and O–H groups in total. The van der Waals surface area contributed by atoms with Gasteiger partial charge in [-0.25, -0.2) is 4.79 Å². The third kappa shape index (κ3) is 8.77. The number of alkyl carbamates (subject to hydrolysis) is 1. The molecule has 0 unspecified atom stereocenters. The maximum absolute atomic E-state index is 13.7. The van der Waals surface area contributed by atoms with E-state index in [-0.39, 0.29) is 32.4 Å². The summed E-state index contributed by atoms with van der Waals surface area (Å²) in [6, 6.07) is 14.5. The normalized spacial score (nSPS) is 12.4. The summed E-state index contributed by atoms with van der Waals surface area (Å²) in [7, 11) is 1.89. The molecule has 4 aromatic rings. The average Bonchev–Trinajstić information content (AvgIpc) is 3.64. The van der Waals surface area contributed by atoms with Gasteiger partial charge in [0.1, 0.15) is 12.1 Å². The first-order valence-electron chi connectivity index (χ1n) is 13.7. The zero-order valence-electron chi connectivity index (χ0n) is 23.8. The predicted molar refractivity (Wildman–Crippen MR) is 166 cm³/mol. The number of aromatic nitrogens is 2. The van der Waals surface area contributed by atoms with E-state index in [1.165, 1.54) is 11.3 Å². The van der Waals surface area contributed by atoms with Gasteiger partial charge in [0.2, 0.25) is 0 Å².